The molecular formula is C12H18N4O. The molecule has 0 aromatic carbocycles. The van der Waals surface area contributed by atoms with Gasteiger partial charge in [0.1, 0.15) is 5.82 Å². The highest BCUT2D eigenvalue weighted by Gasteiger charge is 2.22. The van der Waals surface area contributed by atoms with Crippen LogP contribution < -0.4 is 10.6 Å². The summed E-state index contributed by atoms with van der Waals surface area (Å²) in [5.74, 6) is 1.79. The number of hydrogen-bond acceptors (Lipinski definition) is 4. The van der Waals surface area contributed by atoms with Crippen molar-refractivity contribution < 1.29 is 5.21 Å². The van der Waals surface area contributed by atoms with Gasteiger partial charge in [0.2, 0.25) is 0 Å². The molecule has 1 aromatic rings. The molecule has 3 N–H and O–H groups in total. The van der Waals surface area contributed by atoms with Crippen molar-refractivity contribution in [1.82, 2.24) is 4.98 Å². The lowest BCUT2D eigenvalue weighted by Gasteiger charge is -2.17. The lowest BCUT2D eigenvalue weighted by Crippen LogP contribution is -2.22. The molecule has 1 aliphatic rings. The van der Waals surface area contributed by atoms with Crippen LogP contribution in [0.3, 0.4) is 0 Å². The summed E-state index contributed by atoms with van der Waals surface area (Å²) in [5.41, 5.74) is 6.27. The number of anilines is 1. The fraction of sp³-hybridized carbons (Fsp3) is 0.500. The topological polar surface area (TPSA) is 74.7 Å². The number of nitrogens with zero attached hydrogens (tertiary/aromatic N) is 3. The van der Waals surface area contributed by atoms with Gasteiger partial charge in [-0.1, -0.05) is 18.5 Å². The Bertz CT molecular complexity index is 419. The Hall–Kier alpha value is -1.78. The highest BCUT2D eigenvalue weighted by Crippen LogP contribution is 2.24. The van der Waals surface area contributed by atoms with Crippen molar-refractivity contribution in [3.63, 3.8) is 0 Å². The Balaban J connectivity index is 2.17. The molecule has 1 fully saturated rings. The minimum atomic E-state index is 0.125. The van der Waals surface area contributed by atoms with Gasteiger partial charge in [-0.15, -0.1) is 0 Å². The smallest absolute Gasteiger partial charge is 0.170 e. The monoisotopic (exact) mass is 234 g/mol. The van der Waals surface area contributed by atoms with E-state index in [-0.39, 0.29) is 5.84 Å². The summed E-state index contributed by atoms with van der Waals surface area (Å²) in [4.78, 5) is 6.59. The van der Waals surface area contributed by atoms with Crippen molar-refractivity contribution in [2.45, 2.75) is 19.8 Å². The maximum Gasteiger partial charge on any atom is 0.170 e. The van der Waals surface area contributed by atoms with Gasteiger partial charge in [0.25, 0.3) is 0 Å². The summed E-state index contributed by atoms with van der Waals surface area (Å²) in [7, 11) is 0. The first-order chi connectivity index (χ1) is 8.24. The molecular weight excluding hydrogens is 216 g/mol. The van der Waals surface area contributed by atoms with Gasteiger partial charge >= 0.3 is 0 Å². The summed E-state index contributed by atoms with van der Waals surface area (Å²) in [6.45, 7) is 4.29. The summed E-state index contributed by atoms with van der Waals surface area (Å²) in [6.07, 6.45) is 4.12. The van der Waals surface area contributed by atoms with Crippen LogP contribution in [0.4, 0.5) is 5.82 Å². The predicted octanol–water partition coefficient (Wildman–Crippen LogP) is 1.41. The Kier molecular flexibility index (Phi) is 3.46. The lowest BCUT2D eigenvalue weighted by atomic mass is 10.1. The Morgan fingerprint density at radius 2 is 2.53 bits per heavy atom. The third-order valence-electron chi connectivity index (χ3n) is 3.34. The molecule has 92 valence electrons. The zero-order chi connectivity index (χ0) is 12.3. The second kappa shape index (κ2) is 5.03. The van der Waals surface area contributed by atoms with E-state index in [1.807, 2.05) is 6.07 Å². The largest absolute Gasteiger partial charge is 0.409 e. The quantitative estimate of drug-likeness (QED) is 0.359. The molecule has 5 heteroatoms. The molecule has 1 unspecified atom stereocenters. The maximum atomic E-state index is 8.65. The predicted molar refractivity (Wildman–Crippen MR) is 67.4 cm³/mol. The van der Waals surface area contributed by atoms with Gasteiger partial charge in [-0.25, -0.2) is 4.98 Å². The number of amidine groups is 1. The van der Waals surface area contributed by atoms with E-state index in [9.17, 15) is 0 Å². The Morgan fingerprint density at radius 1 is 1.71 bits per heavy atom. The van der Waals surface area contributed by atoms with Crippen LogP contribution in [-0.2, 0) is 0 Å². The lowest BCUT2D eigenvalue weighted by molar-refractivity contribution is 0.318. The van der Waals surface area contributed by atoms with Gasteiger partial charge in [0.05, 0.1) is 0 Å². The normalized spacial score (nSPS) is 20.9. The van der Waals surface area contributed by atoms with Gasteiger partial charge in [-0.05, 0) is 24.5 Å². The Labute approximate surface area is 101 Å². The molecule has 0 spiro atoms. The minimum absolute atomic E-state index is 0.125. The molecule has 0 bridgehead atoms. The summed E-state index contributed by atoms with van der Waals surface area (Å²) < 4.78 is 0. The average molecular weight is 234 g/mol. The first-order valence-corrected chi connectivity index (χ1v) is 5.93. The van der Waals surface area contributed by atoms with E-state index in [0.717, 1.165) is 24.8 Å². The SMILES string of the molecule is CCC1CCN(c2cc(/C(N)=N/O)ccn2)C1. The van der Waals surface area contributed by atoms with E-state index < -0.39 is 0 Å². The van der Waals surface area contributed by atoms with Crippen LogP contribution in [0.2, 0.25) is 0 Å². The van der Waals surface area contributed by atoms with E-state index in [0.29, 0.717) is 5.56 Å². The molecule has 1 aromatic heterocycles. The van der Waals surface area contributed by atoms with Gasteiger partial charge < -0.3 is 15.8 Å². The standard InChI is InChI=1S/C12H18N4O/c1-2-9-4-6-16(8-9)11-7-10(3-5-14-11)12(13)15-17/h3,5,7,9,17H,2,4,6,8H2,1H3,(H2,13,15). The van der Waals surface area contributed by atoms with Gasteiger partial charge in [0.15, 0.2) is 5.84 Å². The number of aromatic nitrogens is 1. The molecule has 17 heavy (non-hydrogen) atoms. The fourth-order valence-electron chi connectivity index (χ4n) is 2.18. The highest BCUT2D eigenvalue weighted by molar-refractivity contribution is 5.97. The molecule has 0 amide bonds. The molecule has 1 aliphatic heterocycles. The van der Waals surface area contributed by atoms with Gasteiger partial charge in [-0.3, -0.25) is 0 Å². The van der Waals surface area contributed by atoms with Crippen LogP contribution in [0, 0.1) is 5.92 Å². The number of rotatable bonds is 3. The van der Waals surface area contributed by atoms with Gasteiger partial charge in [0, 0.05) is 24.8 Å². The summed E-state index contributed by atoms with van der Waals surface area (Å²) >= 11 is 0. The molecule has 1 saturated heterocycles. The van der Waals surface area contributed by atoms with E-state index in [1.54, 1.807) is 12.3 Å². The average Bonchev–Trinajstić information content (AvgIpc) is 2.86. The minimum Gasteiger partial charge on any atom is -0.409 e. The third kappa shape index (κ3) is 2.49. The molecule has 5 nitrogen and oxygen atoms in total. The van der Waals surface area contributed by atoms with Crippen LogP contribution >= 0.6 is 0 Å². The fourth-order valence-corrected chi connectivity index (χ4v) is 2.18. The molecule has 0 saturated carbocycles. The second-order valence-electron chi connectivity index (χ2n) is 4.40. The maximum absolute atomic E-state index is 8.65. The van der Waals surface area contributed by atoms with Crippen molar-refractivity contribution in [2.75, 3.05) is 18.0 Å². The summed E-state index contributed by atoms with van der Waals surface area (Å²) in [6, 6.07) is 3.61. The second-order valence-corrected chi connectivity index (χ2v) is 4.40. The van der Waals surface area contributed by atoms with Crippen molar-refractivity contribution >= 4 is 11.7 Å². The van der Waals surface area contributed by atoms with Crippen molar-refractivity contribution in [3.05, 3.63) is 23.9 Å². The third-order valence-corrected chi connectivity index (χ3v) is 3.34. The highest BCUT2D eigenvalue weighted by atomic mass is 16.4. The van der Waals surface area contributed by atoms with Crippen molar-refractivity contribution in [2.24, 2.45) is 16.8 Å². The zero-order valence-electron chi connectivity index (χ0n) is 10.0. The molecule has 0 aliphatic carbocycles. The molecule has 1 atom stereocenters. The first-order valence-electron chi connectivity index (χ1n) is 5.93. The molecule has 2 heterocycles. The van der Waals surface area contributed by atoms with E-state index in [4.69, 9.17) is 10.9 Å². The van der Waals surface area contributed by atoms with Crippen LogP contribution in [-0.4, -0.2) is 29.1 Å². The number of oxime groups is 1. The first kappa shape index (κ1) is 11.7. The zero-order valence-corrected chi connectivity index (χ0v) is 10.0. The van der Waals surface area contributed by atoms with Crippen LogP contribution in [0.15, 0.2) is 23.5 Å². The summed E-state index contributed by atoms with van der Waals surface area (Å²) in [5, 5.41) is 11.7. The van der Waals surface area contributed by atoms with Crippen molar-refractivity contribution in [3.8, 4) is 0 Å². The van der Waals surface area contributed by atoms with Crippen molar-refractivity contribution in [1.29, 1.82) is 0 Å². The van der Waals surface area contributed by atoms with Crippen LogP contribution in [0.5, 0.6) is 0 Å². The van der Waals surface area contributed by atoms with E-state index in [1.165, 1.54) is 12.8 Å². The number of pyridine rings is 1. The molecule has 2 rings (SSSR count). The van der Waals surface area contributed by atoms with Crippen LogP contribution in [0.25, 0.3) is 0 Å². The van der Waals surface area contributed by atoms with E-state index >= 15 is 0 Å². The number of nitrogens with two attached hydrogens (primary N) is 1. The van der Waals surface area contributed by atoms with Crippen LogP contribution in [0.1, 0.15) is 25.3 Å². The molecule has 0 radical (unpaired) electrons. The van der Waals surface area contributed by atoms with E-state index in [2.05, 4.69) is 22.0 Å². The Morgan fingerprint density at radius 3 is 3.18 bits per heavy atom. The number of hydrogen-bond donors (Lipinski definition) is 2. The van der Waals surface area contributed by atoms with Gasteiger partial charge in [-0.2, -0.15) is 0 Å².